The Labute approximate surface area is 140 Å². The molecule has 5 nitrogen and oxygen atoms in total. The molecular formula is C15H18ClFN2O3S. The molecule has 3 heterocycles. The van der Waals surface area contributed by atoms with Crippen LogP contribution in [0.3, 0.4) is 0 Å². The van der Waals surface area contributed by atoms with E-state index in [9.17, 15) is 17.6 Å². The average Bonchev–Trinajstić information content (AvgIpc) is 2.77. The summed E-state index contributed by atoms with van der Waals surface area (Å²) < 4.78 is 40.1. The fraction of sp³-hybridized carbons (Fsp3) is 0.533. The van der Waals surface area contributed by atoms with Crippen LogP contribution in [0.4, 0.5) is 4.39 Å². The summed E-state index contributed by atoms with van der Waals surface area (Å²) in [5.74, 6) is -1.18. The highest BCUT2D eigenvalue weighted by Gasteiger charge is 2.42. The highest BCUT2D eigenvalue weighted by molar-refractivity contribution is 7.88. The number of likely N-dealkylation sites (N-methyl/N-ethyl adjacent to an activating group) is 1. The van der Waals surface area contributed by atoms with Crippen LogP contribution < -0.4 is 0 Å². The van der Waals surface area contributed by atoms with E-state index in [1.807, 2.05) is 0 Å². The van der Waals surface area contributed by atoms with Crippen molar-refractivity contribution in [3.8, 4) is 0 Å². The molecule has 1 aromatic rings. The molecule has 3 saturated heterocycles. The van der Waals surface area contributed by atoms with Gasteiger partial charge < -0.3 is 4.90 Å². The minimum Gasteiger partial charge on any atom is -0.341 e. The van der Waals surface area contributed by atoms with Crippen LogP contribution in [0.1, 0.15) is 18.4 Å². The molecule has 0 spiro atoms. The van der Waals surface area contributed by atoms with Crippen LogP contribution in [0.15, 0.2) is 18.2 Å². The number of sulfonamides is 1. The van der Waals surface area contributed by atoms with Crippen molar-refractivity contribution in [1.29, 1.82) is 0 Å². The summed E-state index contributed by atoms with van der Waals surface area (Å²) in [6, 6.07) is 3.59. The van der Waals surface area contributed by atoms with E-state index in [0.717, 1.165) is 12.5 Å². The van der Waals surface area contributed by atoms with Gasteiger partial charge in [-0.25, -0.2) is 12.8 Å². The molecular weight excluding hydrogens is 343 g/mol. The third-order valence-corrected chi connectivity index (χ3v) is 6.80. The van der Waals surface area contributed by atoms with Gasteiger partial charge in [-0.1, -0.05) is 11.6 Å². The maximum absolute atomic E-state index is 13.3. The van der Waals surface area contributed by atoms with Crippen LogP contribution in [0.5, 0.6) is 0 Å². The molecule has 2 bridgehead atoms. The first-order valence-electron chi connectivity index (χ1n) is 7.46. The van der Waals surface area contributed by atoms with E-state index in [1.54, 1.807) is 11.9 Å². The van der Waals surface area contributed by atoms with Crippen LogP contribution in [0.2, 0.25) is 5.02 Å². The number of piperidine rings is 1. The van der Waals surface area contributed by atoms with Crippen molar-refractivity contribution >= 4 is 27.5 Å². The molecule has 3 aliphatic heterocycles. The van der Waals surface area contributed by atoms with Crippen LogP contribution in [0, 0.1) is 11.7 Å². The highest BCUT2D eigenvalue weighted by Crippen LogP contribution is 2.30. The zero-order valence-corrected chi connectivity index (χ0v) is 14.3. The Balaban J connectivity index is 1.85. The molecule has 2 atom stereocenters. The topological polar surface area (TPSA) is 57.7 Å². The Kier molecular flexibility index (Phi) is 4.37. The zero-order valence-electron chi connectivity index (χ0n) is 12.7. The molecule has 23 heavy (non-hydrogen) atoms. The molecule has 0 radical (unpaired) electrons. The highest BCUT2D eigenvalue weighted by atomic mass is 35.5. The Morgan fingerprint density at radius 3 is 2.78 bits per heavy atom. The third-order valence-electron chi connectivity index (χ3n) is 4.67. The minimum absolute atomic E-state index is 0.00254. The van der Waals surface area contributed by atoms with Crippen LogP contribution in [-0.2, 0) is 20.6 Å². The Morgan fingerprint density at radius 2 is 2.04 bits per heavy atom. The first kappa shape index (κ1) is 16.7. The predicted molar refractivity (Wildman–Crippen MR) is 84.9 cm³/mol. The number of hydrogen-bond acceptors (Lipinski definition) is 3. The summed E-state index contributed by atoms with van der Waals surface area (Å²) in [6.45, 7) is 0.475. The number of carbonyl (C=O) groups excluding carboxylic acids is 1. The van der Waals surface area contributed by atoms with Gasteiger partial charge in [0.25, 0.3) is 0 Å². The minimum atomic E-state index is -3.67. The summed E-state index contributed by atoms with van der Waals surface area (Å²) in [5, 5.41) is 0.223. The molecule has 0 unspecified atom stereocenters. The summed E-state index contributed by atoms with van der Waals surface area (Å²) in [7, 11) is -1.95. The molecule has 0 saturated carbocycles. The van der Waals surface area contributed by atoms with Gasteiger partial charge in [0.2, 0.25) is 15.9 Å². The Bertz CT molecular complexity index is 740. The Hall–Kier alpha value is -1.18. The molecule has 0 aliphatic carbocycles. The van der Waals surface area contributed by atoms with E-state index in [0.29, 0.717) is 6.42 Å². The lowest BCUT2D eigenvalue weighted by molar-refractivity contribution is -0.138. The van der Waals surface area contributed by atoms with Crippen LogP contribution >= 0.6 is 11.6 Å². The molecule has 1 aromatic carbocycles. The molecule has 0 N–H and O–H groups in total. The predicted octanol–water partition coefficient (Wildman–Crippen LogP) is 1.86. The zero-order chi connectivity index (χ0) is 16.8. The number of nitrogens with zero attached hydrogens (tertiary/aromatic N) is 2. The molecule has 126 valence electrons. The number of carbonyl (C=O) groups is 1. The molecule has 1 amide bonds. The number of hydrogen-bond donors (Lipinski definition) is 0. The van der Waals surface area contributed by atoms with E-state index in [4.69, 9.17) is 11.6 Å². The smallest absolute Gasteiger partial charge is 0.227 e. The lowest BCUT2D eigenvalue weighted by Gasteiger charge is -2.32. The van der Waals surface area contributed by atoms with E-state index >= 15 is 0 Å². The van der Waals surface area contributed by atoms with Crippen molar-refractivity contribution < 1.29 is 17.6 Å². The van der Waals surface area contributed by atoms with E-state index in [2.05, 4.69) is 0 Å². The van der Waals surface area contributed by atoms with Gasteiger partial charge in [0.15, 0.2) is 0 Å². The SMILES string of the molecule is CN1C(=O)[C@H]2CC[C@@H]1CN(S(=O)(=O)Cc1cc(F)ccc1Cl)C2. The van der Waals surface area contributed by atoms with Gasteiger partial charge in [-0.2, -0.15) is 4.31 Å². The summed E-state index contributed by atoms with van der Waals surface area (Å²) in [4.78, 5) is 13.8. The van der Waals surface area contributed by atoms with Gasteiger partial charge in [0.05, 0.1) is 11.7 Å². The van der Waals surface area contributed by atoms with Crippen molar-refractivity contribution in [3.05, 3.63) is 34.6 Å². The molecule has 0 aromatic heterocycles. The fourth-order valence-electron chi connectivity index (χ4n) is 3.29. The number of benzene rings is 1. The largest absolute Gasteiger partial charge is 0.341 e. The summed E-state index contributed by atoms with van der Waals surface area (Å²) >= 11 is 5.98. The van der Waals surface area contributed by atoms with Gasteiger partial charge in [-0.15, -0.1) is 0 Å². The third kappa shape index (κ3) is 3.22. The van der Waals surface area contributed by atoms with E-state index < -0.39 is 15.8 Å². The van der Waals surface area contributed by atoms with Crippen molar-refractivity contribution in [2.45, 2.75) is 24.6 Å². The lowest BCUT2D eigenvalue weighted by atomic mass is 9.95. The lowest BCUT2D eigenvalue weighted by Crippen LogP contribution is -2.45. The molecule has 4 rings (SSSR count). The van der Waals surface area contributed by atoms with Crippen LogP contribution in [0.25, 0.3) is 0 Å². The Morgan fingerprint density at radius 1 is 1.30 bits per heavy atom. The second kappa shape index (κ2) is 6.03. The molecule has 3 aliphatic rings. The average molecular weight is 361 g/mol. The first-order valence-corrected chi connectivity index (χ1v) is 9.45. The fourth-order valence-corrected chi connectivity index (χ4v) is 5.17. The second-order valence-electron chi connectivity index (χ2n) is 6.19. The second-order valence-corrected chi connectivity index (χ2v) is 8.56. The van der Waals surface area contributed by atoms with Crippen LogP contribution in [-0.4, -0.2) is 49.7 Å². The summed E-state index contributed by atoms with van der Waals surface area (Å²) in [6.07, 6.45) is 1.51. The first-order chi connectivity index (χ1) is 10.8. The summed E-state index contributed by atoms with van der Waals surface area (Å²) in [5.41, 5.74) is 0.239. The van der Waals surface area contributed by atoms with Gasteiger partial charge in [-0.3, -0.25) is 4.79 Å². The number of halogens is 2. The van der Waals surface area contributed by atoms with E-state index in [1.165, 1.54) is 16.4 Å². The maximum Gasteiger partial charge on any atom is 0.227 e. The van der Waals surface area contributed by atoms with Gasteiger partial charge in [0, 0.05) is 31.2 Å². The molecule has 3 fully saturated rings. The van der Waals surface area contributed by atoms with Gasteiger partial charge >= 0.3 is 0 Å². The maximum atomic E-state index is 13.3. The monoisotopic (exact) mass is 360 g/mol. The standard InChI is InChI=1S/C15H18ClFN2O3S/c1-18-13-4-2-10(15(18)20)7-19(8-13)23(21,22)9-11-6-12(17)3-5-14(11)16/h3,5-6,10,13H,2,4,7-9H2,1H3/t10-,13+/m0/s1. The van der Waals surface area contributed by atoms with Gasteiger partial charge in [-0.05, 0) is 36.6 Å². The molecule has 8 heteroatoms. The van der Waals surface area contributed by atoms with E-state index in [-0.39, 0.29) is 47.3 Å². The number of fused-ring (bicyclic) bond motifs is 4. The number of amides is 1. The number of rotatable bonds is 3. The van der Waals surface area contributed by atoms with Crippen molar-refractivity contribution in [1.82, 2.24) is 9.21 Å². The van der Waals surface area contributed by atoms with Crippen molar-refractivity contribution in [2.75, 3.05) is 20.1 Å². The van der Waals surface area contributed by atoms with Crippen molar-refractivity contribution in [3.63, 3.8) is 0 Å². The van der Waals surface area contributed by atoms with Crippen molar-refractivity contribution in [2.24, 2.45) is 5.92 Å². The van der Waals surface area contributed by atoms with Gasteiger partial charge in [0.1, 0.15) is 5.82 Å². The normalized spacial score (nSPS) is 25.7. The quantitative estimate of drug-likeness (QED) is 0.826.